The zero-order valence-corrected chi connectivity index (χ0v) is 44.1. The first kappa shape index (κ1) is 53.9. The molecule has 0 bridgehead atoms. The number of rotatable bonds is 21. The van der Waals surface area contributed by atoms with Crippen LogP contribution in [0.25, 0.3) is 27.1 Å². The first-order valence-corrected chi connectivity index (χ1v) is 28.6. The summed E-state index contributed by atoms with van der Waals surface area (Å²) in [6.45, 7) is 16.6. The van der Waals surface area contributed by atoms with Crippen LogP contribution < -0.4 is 4.90 Å². The van der Waals surface area contributed by atoms with Gasteiger partial charge in [-0.3, -0.25) is 23.2 Å². The van der Waals surface area contributed by atoms with Crippen molar-refractivity contribution in [1.29, 1.82) is 0 Å². The van der Waals surface area contributed by atoms with Crippen molar-refractivity contribution in [3.63, 3.8) is 0 Å². The van der Waals surface area contributed by atoms with Crippen LogP contribution in [0.5, 0.6) is 0 Å². The van der Waals surface area contributed by atoms with Crippen LogP contribution in [0.15, 0.2) is 137 Å². The second kappa shape index (κ2) is 20.9. The van der Waals surface area contributed by atoms with Crippen LogP contribution in [-0.2, 0) is 46.0 Å². The topological polar surface area (TPSA) is 203 Å². The Kier molecular flexibility index (Phi) is 15.7. The van der Waals surface area contributed by atoms with Gasteiger partial charge < -0.3 is 4.90 Å². The minimum absolute atomic E-state index is 0.000136. The van der Waals surface area contributed by atoms with Crippen LogP contribution in [0, 0.1) is 0 Å². The van der Waals surface area contributed by atoms with Gasteiger partial charge in [0.15, 0.2) is 17.3 Å². The largest absolute Gasteiger partial charge is 0.344 e. The maximum Gasteiger partial charge on any atom is 0.295 e. The van der Waals surface area contributed by atoms with E-state index in [1.165, 1.54) is 17.0 Å². The molecule has 0 saturated carbocycles. The fraction of sp³-hybridized carbons (Fsp3) is 0.339. The van der Waals surface area contributed by atoms with Crippen molar-refractivity contribution < 1.29 is 53.1 Å². The van der Waals surface area contributed by atoms with Gasteiger partial charge in [0.05, 0.1) is 16.1 Å². The summed E-state index contributed by atoms with van der Waals surface area (Å²) in [7, 11) is -14.4. The van der Waals surface area contributed by atoms with Crippen molar-refractivity contribution in [3.05, 3.63) is 149 Å². The molecule has 7 rings (SSSR count). The summed E-state index contributed by atoms with van der Waals surface area (Å²) >= 11 is 0. The van der Waals surface area contributed by atoms with Crippen molar-refractivity contribution in [3.8, 4) is 0 Å². The van der Waals surface area contributed by atoms with E-state index in [0.29, 0.717) is 59.8 Å². The highest BCUT2D eigenvalue weighted by Crippen LogP contribution is 2.51. The number of benzene rings is 5. The van der Waals surface area contributed by atoms with Gasteiger partial charge in [0.2, 0.25) is 5.69 Å². The summed E-state index contributed by atoms with van der Waals surface area (Å²) < 4.78 is 107. The Bertz CT molecular complexity index is 3490. The quantitative estimate of drug-likeness (QED) is 0.0157. The molecule has 5 aromatic rings. The highest BCUT2D eigenvalue weighted by Gasteiger charge is 2.46. The Hall–Kier alpha value is -5.88. The SMILES string of the molecule is C=C(C)C(=O)CCCCCC(=O)c1ccc(C(C=CC2=[N+](CCCS(=O)(=O)O)c3ccc4c(S(=O)(=O)O)cc(S(=O)(=O)O)cc4c3C2(C)C)=CC=C2N(CCCC)c3ccc4ccccc4c3C2(C)C)cc1. The molecule has 2 heterocycles. The molecule has 380 valence electrons. The van der Waals surface area contributed by atoms with E-state index in [4.69, 9.17) is 0 Å². The van der Waals surface area contributed by atoms with Crippen LogP contribution >= 0.6 is 0 Å². The number of carbonyl (C=O) groups excluding carboxylic acids is 2. The maximum absolute atomic E-state index is 13.5. The van der Waals surface area contributed by atoms with Crippen LogP contribution in [0.1, 0.15) is 120 Å². The molecule has 5 aromatic carbocycles. The Morgan fingerprint density at radius 1 is 0.722 bits per heavy atom. The van der Waals surface area contributed by atoms with Crippen molar-refractivity contribution in [2.45, 2.75) is 114 Å². The van der Waals surface area contributed by atoms with E-state index in [1.807, 2.05) is 54.9 Å². The Labute approximate surface area is 423 Å². The number of carbonyl (C=O) groups is 2. The van der Waals surface area contributed by atoms with Gasteiger partial charge in [0, 0.05) is 71.3 Å². The first-order valence-electron chi connectivity index (χ1n) is 24.1. The molecule has 0 atom stereocenters. The van der Waals surface area contributed by atoms with Gasteiger partial charge in [-0.25, -0.2) is 0 Å². The molecular formula is C56H63N2O11S3+. The Morgan fingerprint density at radius 2 is 1.40 bits per heavy atom. The van der Waals surface area contributed by atoms with Crippen molar-refractivity contribution in [2.24, 2.45) is 0 Å². The number of Topliss-reactive ketones (excluding diaryl/α,β-unsaturated/α-hetero) is 2. The minimum atomic E-state index is -5.01. The average molecular weight is 1040 g/mol. The molecule has 0 unspecified atom stereocenters. The number of fused-ring (bicyclic) bond motifs is 6. The lowest BCUT2D eigenvalue weighted by molar-refractivity contribution is -0.437. The highest BCUT2D eigenvalue weighted by molar-refractivity contribution is 7.87. The number of anilines is 1. The third kappa shape index (κ3) is 11.3. The molecule has 72 heavy (non-hydrogen) atoms. The highest BCUT2D eigenvalue weighted by atomic mass is 32.2. The van der Waals surface area contributed by atoms with Crippen LogP contribution in [0.3, 0.4) is 0 Å². The summed E-state index contributed by atoms with van der Waals surface area (Å²) in [5.74, 6) is -0.567. The van der Waals surface area contributed by atoms with Gasteiger partial charge >= 0.3 is 0 Å². The molecule has 3 N–H and O–H groups in total. The van der Waals surface area contributed by atoms with Gasteiger partial charge in [-0.2, -0.15) is 29.8 Å². The predicted molar refractivity (Wildman–Crippen MR) is 286 cm³/mol. The summed E-state index contributed by atoms with van der Waals surface area (Å²) in [5.41, 5.74) is 6.04. The molecule has 0 fully saturated rings. The summed E-state index contributed by atoms with van der Waals surface area (Å²) in [6.07, 6.45) is 12.6. The molecule has 16 heteroatoms. The molecule has 0 aliphatic carbocycles. The molecule has 2 aliphatic rings. The number of ketones is 2. The third-order valence-corrected chi connectivity index (χ3v) is 16.4. The van der Waals surface area contributed by atoms with Gasteiger partial charge in [0.25, 0.3) is 30.4 Å². The van der Waals surface area contributed by atoms with Gasteiger partial charge in [-0.05, 0) is 115 Å². The van der Waals surface area contributed by atoms with Crippen molar-refractivity contribution in [1.82, 2.24) is 0 Å². The summed E-state index contributed by atoms with van der Waals surface area (Å²) in [4.78, 5) is 26.4. The minimum Gasteiger partial charge on any atom is -0.344 e. The monoisotopic (exact) mass is 1040 g/mol. The zero-order chi connectivity index (χ0) is 52.6. The molecule has 13 nitrogen and oxygen atoms in total. The maximum atomic E-state index is 13.5. The van der Waals surface area contributed by atoms with Crippen molar-refractivity contribution in [2.75, 3.05) is 23.7 Å². The van der Waals surface area contributed by atoms with Crippen LogP contribution in [-0.4, -0.2) is 79.6 Å². The fourth-order valence-electron chi connectivity index (χ4n) is 10.3. The number of unbranched alkanes of at least 4 members (excludes halogenated alkanes) is 3. The van der Waals surface area contributed by atoms with E-state index in [-0.39, 0.29) is 35.3 Å². The summed E-state index contributed by atoms with van der Waals surface area (Å²) in [6, 6.07) is 24.9. The van der Waals surface area contributed by atoms with Gasteiger partial charge in [-0.15, -0.1) is 0 Å². The van der Waals surface area contributed by atoms with Crippen molar-refractivity contribution >= 4 is 86.1 Å². The van der Waals surface area contributed by atoms with E-state index in [1.54, 1.807) is 25.1 Å². The predicted octanol–water partition coefficient (Wildman–Crippen LogP) is 11.5. The lowest BCUT2D eigenvalue weighted by Crippen LogP contribution is -2.28. The number of hydrogen-bond donors (Lipinski definition) is 3. The molecule has 2 aliphatic heterocycles. The summed E-state index contributed by atoms with van der Waals surface area (Å²) in [5, 5.41) is 2.43. The van der Waals surface area contributed by atoms with E-state index >= 15 is 0 Å². The van der Waals surface area contributed by atoms with E-state index < -0.39 is 56.7 Å². The molecule has 0 aromatic heterocycles. The number of allylic oxidation sites excluding steroid dienone is 7. The zero-order valence-electron chi connectivity index (χ0n) is 41.6. The Morgan fingerprint density at radius 3 is 2.06 bits per heavy atom. The Balaban J connectivity index is 1.38. The molecule has 0 radical (unpaired) electrons. The van der Waals surface area contributed by atoms with Crippen LogP contribution in [0.2, 0.25) is 0 Å². The normalized spacial score (nSPS) is 16.3. The second-order valence-corrected chi connectivity index (χ2v) is 24.2. The molecular weight excluding hydrogens is 973 g/mol. The molecule has 0 spiro atoms. The van der Waals surface area contributed by atoms with E-state index in [2.05, 4.69) is 68.7 Å². The second-order valence-electron chi connectivity index (χ2n) is 19.8. The standard InChI is InChI=1S/C56H62N2O11S3/c1-8-9-32-57-46-28-24-40-16-13-14-17-43(40)53(46)55(4,5)51(57)30-25-39(38-20-22-41(23-21-38)49(60)19-12-10-11-18-48(59)37(2)3)26-31-52-56(6,7)54-45-35-42(71(64,65)66)36-50(72(67,68)69)44(45)27-29-47(54)58(52)33-15-34-70(61,62)63/h13-14,16-17,20-31,35-36H,2,8-12,15,18-19,32-34H2,1,3-7H3,(H2-,61,62,63,64,65,66,67,68,69)/p+1. The lowest BCUT2D eigenvalue weighted by atomic mass is 9.78. The van der Waals surface area contributed by atoms with Gasteiger partial charge in [0.1, 0.15) is 11.4 Å². The first-order chi connectivity index (χ1) is 33.8. The lowest BCUT2D eigenvalue weighted by Gasteiger charge is -2.27. The smallest absolute Gasteiger partial charge is 0.295 e. The third-order valence-electron chi connectivity index (χ3n) is 13.9. The average Bonchev–Trinajstić information content (AvgIpc) is 3.67. The van der Waals surface area contributed by atoms with Gasteiger partial charge in [-0.1, -0.05) is 101 Å². The fourth-order valence-corrected chi connectivity index (χ4v) is 12.1. The molecule has 0 saturated heterocycles. The molecule has 0 amide bonds. The number of hydrogen-bond acceptors (Lipinski definition) is 9. The van der Waals surface area contributed by atoms with E-state index in [0.717, 1.165) is 59.8 Å². The van der Waals surface area contributed by atoms with Crippen LogP contribution in [0.4, 0.5) is 11.4 Å². The van der Waals surface area contributed by atoms with E-state index in [9.17, 15) is 48.5 Å². The number of nitrogens with zero attached hydrogens (tertiary/aromatic N) is 2.